The molecule has 0 aliphatic carbocycles. The first-order valence-electron chi connectivity index (χ1n) is 6.01. The summed E-state index contributed by atoms with van der Waals surface area (Å²) >= 11 is 6.05. The highest BCUT2D eigenvalue weighted by atomic mass is 35.5. The van der Waals surface area contributed by atoms with Crippen molar-refractivity contribution in [1.82, 2.24) is 4.90 Å². The molecule has 0 bridgehead atoms. The van der Waals surface area contributed by atoms with Gasteiger partial charge in [0.05, 0.1) is 13.2 Å². The van der Waals surface area contributed by atoms with Crippen molar-refractivity contribution in [3.8, 4) is 0 Å². The Morgan fingerprint density at radius 2 is 2.06 bits per heavy atom. The molecular weight excluding hydrogens is 236 g/mol. The fourth-order valence-electron chi connectivity index (χ4n) is 2.39. The standard InChI is InChI=1S/C13H19ClN2O/c1-10(15)13(16-5-7-17-8-6-16)11-3-2-4-12(14)9-11/h2-4,9-10,13H,5-8,15H2,1H3. The van der Waals surface area contributed by atoms with Gasteiger partial charge in [0.1, 0.15) is 0 Å². The average Bonchev–Trinajstić information content (AvgIpc) is 2.30. The van der Waals surface area contributed by atoms with Gasteiger partial charge in [-0.3, -0.25) is 4.90 Å². The van der Waals surface area contributed by atoms with Gasteiger partial charge >= 0.3 is 0 Å². The second kappa shape index (κ2) is 5.83. The molecule has 1 aromatic rings. The van der Waals surface area contributed by atoms with E-state index in [1.54, 1.807) is 0 Å². The zero-order valence-electron chi connectivity index (χ0n) is 10.1. The maximum atomic E-state index is 6.12. The summed E-state index contributed by atoms with van der Waals surface area (Å²) in [4.78, 5) is 2.37. The number of halogens is 1. The zero-order chi connectivity index (χ0) is 12.3. The average molecular weight is 255 g/mol. The van der Waals surface area contributed by atoms with Gasteiger partial charge in [-0.25, -0.2) is 0 Å². The molecule has 0 saturated carbocycles. The van der Waals surface area contributed by atoms with Gasteiger partial charge in [-0.2, -0.15) is 0 Å². The molecule has 2 unspecified atom stereocenters. The van der Waals surface area contributed by atoms with Crippen LogP contribution in [0.4, 0.5) is 0 Å². The number of nitrogens with two attached hydrogens (primary N) is 1. The van der Waals surface area contributed by atoms with E-state index in [9.17, 15) is 0 Å². The Hall–Kier alpha value is -0.610. The van der Waals surface area contributed by atoms with E-state index < -0.39 is 0 Å². The number of morpholine rings is 1. The van der Waals surface area contributed by atoms with Crippen molar-refractivity contribution in [2.45, 2.75) is 19.0 Å². The van der Waals surface area contributed by atoms with Crippen molar-refractivity contribution in [3.05, 3.63) is 34.9 Å². The quantitative estimate of drug-likeness (QED) is 0.898. The molecule has 1 aliphatic rings. The fourth-order valence-corrected chi connectivity index (χ4v) is 2.59. The molecule has 0 aromatic heterocycles. The van der Waals surface area contributed by atoms with Crippen LogP contribution in [0.15, 0.2) is 24.3 Å². The normalized spacial score (nSPS) is 21.1. The van der Waals surface area contributed by atoms with Gasteiger partial charge in [0.25, 0.3) is 0 Å². The van der Waals surface area contributed by atoms with Gasteiger partial charge in [-0.1, -0.05) is 23.7 Å². The highest BCUT2D eigenvalue weighted by Crippen LogP contribution is 2.26. The molecule has 1 fully saturated rings. The smallest absolute Gasteiger partial charge is 0.0594 e. The number of rotatable bonds is 3. The molecule has 0 radical (unpaired) electrons. The van der Waals surface area contributed by atoms with Gasteiger partial charge in [0, 0.05) is 30.2 Å². The molecule has 3 nitrogen and oxygen atoms in total. The predicted octanol–water partition coefficient (Wildman–Crippen LogP) is 2.06. The van der Waals surface area contributed by atoms with Crippen molar-refractivity contribution in [2.75, 3.05) is 26.3 Å². The number of ether oxygens (including phenoxy) is 1. The van der Waals surface area contributed by atoms with Crippen molar-refractivity contribution < 1.29 is 4.74 Å². The van der Waals surface area contributed by atoms with E-state index in [1.807, 2.05) is 25.1 Å². The third-order valence-electron chi connectivity index (χ3n) is 3.13. The summed E-state index contributed by atoms with van der Waals surface area (Å²) < 4.78 is 5.38. The molecule has 4 heteroatoms. The summed E-state index contributed by atoms with van der Waals surface area (Å²) in [6.07, 6.45) is 0. The fraction of sp³-hybridized carbons (Fsp3) is 0.538. The van der Waals surface area contributed by atoms with E-state index in [0.29, 0.717) is 0 Å². The van der Waals surface area contributed by atoms with E-state index in [-0.39, 0.29) is 12.1 Å². The minimum atomic E-state index is 0.0755. The van der Waals surface area contributed by atoms with Gasteiger partial charge in [-0.05, 0) is 24.6 Å². The monoisotopic (exact) mass is 254 g/mol. The SMILES string of the molecule is CC(N)C(c1cccc(Cl)c1)N1CCOCC1. The third-order valence-corrected chi connectivity index (χ3v) is 3.36. The molecule has 1 aromatic carbocycles. The number of benzene rings is 1. The summed E-state index contributed by atoms with van der Waals surface area (Å²) in [7, 11) is 0. The first-order valence-corrected chi connectivity index (χ1v) is 6.39. The van der Waals surface area contributed by atoms with E-state index in [1.165, 1.54) is 5.56 Å². The Labute approximate surface area is 107 Å². The molecule has 2 atom stereocenters. The Kier molecular flexibility index (Phi) is 4.40. The summed E-state index contributed by atoms with van der Waals surface area (Å²) in [5, 5.41) is 0.765. The largest absolute Gasteiger partial charge is 0.379 e. The van der Waals surface area contributed by atoms with Gasteiger partial charge < -0.3 is 10.5 Å². The summed E-state index contributed by atoms with van der Waals surface area (Å²) in [5.74, 6) is 0. The van der Waals surface area contributed by atoms with Crippen LogP contribution in [-0.2, 0) is 4.74 Å². The van der Waals surface area contributed by atoms with Crippen LogP contribution in [0.1, 0.15) is 18.5 Å². The van der Waals surface area contributed by atoms with Crippen LogP contribution < -0.4 is 5.73 Å². The zero-order valence-corrected chi connectivity index (χ0v) is 10.9. The molecule has 0 amide bonds. The molecule has 2 N–H and O–H groups in total. The topological polar surface area (TPSA) is 38.5 Å². The van der Waals surface area contributed by atoms with Crippen LogP contribution in [0.5, 0.6) is 0 Å². The lowest BCUT2D eigenvalue weighted by molar-refractivity contribution is 0.0116. The first-order chi connectivity index (χ1) is 8.18. The molecule has 1 heterocycles. The van der Waals surface area contributed by atoms with Gasteiger partial charge in [-0.15, -0.1) is 0 Å². The van der Waals surface area contributed by atoms with Crippen molar-refractivity contribution in [3.63, 3.8) is 0 Å². The molecule has 94 valence electrons. The van der Waals surface area contributed by atoms with Gasteiger partial charge in [0.2, 0.25) is 0 Å². The second-order valence-corrected chi connectivity index (χ2v) is 4.94. The molecule has 1 aliphatic heterocycles. The van der Waals surface area contributed by atoms with Crippen molar-refractivity contribution >= 4 is 11.6 Å². The van der Waals surface area contributed by atoms with Crippen LogP contribution in [0.3, 0.4) is 0 Å². The Morgan fingerprint density at radius 1 is 1.35 bits per heavy atom. The maximum Gasteiger partial charge on any atom is 0.0594 e. The molecule has 17 heavy (non-hydrogen) atoms. The van der Waals surface area contributed by atoms with E-state index in [2.05, 4.69) is 11.0 Å². The van der Waals surface area contributed by atoms with Crippen molar-refractivity contribution in [2.24, 2.45) is 5.73 Å². The third kappa shape index (κ3) is 3.19. The molecular formula is C13H19ClN2O. The first kappa shape index (κ1) is 12.8. The summed E-state index contributed by atoms with van der Waals surface area (Å²) in [5.41, 5.74) is 7.31. The number of hydrogen-bond donors (Lipinski definition) is 1. The van der Waals surface area contributed by atoms with E-state index in [4.69, 9.17) is 22.1 Å². The minimum absolute atomic E-state index is 0.0755. The van der Waals surface area contributed by atoms with E-state index >= 15 is 0 Å². The predicted molar refractivity (Wildman–Crippen MR) is 70.2 cm³/mol. The van der Waals surface area contributed by atoms with Crippen LogP contribution in [0, 0.1) is 0 Å². The van der Waals surface area contributed by atoms with E-state index in [0.717, 1.165) is 31.3 Å². The lowest BCUT2D eigenvalue weighted by Gasteiger charge is -2.37. The number of hydrogen-bond acceptors (Lipinski definition) is 3. The summed E-state index contributed by atoms with van der Waals surface area (Å²) in [6, 6.07) is 8.26. The lowest BCUT2D eigenvalue weighted by atomic mass is 9.99. The highest BCUT2D eigenvalue weighted by Gasteiger charge is 2.25. The van der Waals surface area contributed by atoms with Crippen LogP contribution in [0.2, 0.25) is 5.02 Å². The minimum Gasteiger partial charge on any atom is -0.379 e. The van der Waals surface area contributed by atoms with Crippen molar-refractivity contribution in [1.29, 1.82) is 0 Å². The van der Waals surface area contributed by atoms with Crippen LogP contribution in [0.25, 0.3) is 0 Å². The number of nitrogens with zero attached hydrogens (tertiary/aromatic N) is 1. The summed E-state index contributed by atoms with van der Waals surface area (Å²) in [6.45, 7) is 5.46. The Balaban J connectivity index is 2.21. The molecule has 0 spiro atoms. The van der Waals surface area contributed by atoms with Crippen LogP contribution in [-0.4, -0.2) is 37.2 Å². The lowest BCUT2D eigenvalue weighted by Crippen LogP contribution is -2.45. The Morgan fingerprint density at radius 3 is 2.65 bits per heavy atom. The second-order valence-electron chi connectivity index (χ2n) is 4.51. The molecule has 2 rings (SSSR count). The highest BCUT2D eigenvalue weighted by molar-refractivity contribution is 6.30. The maximum absolute atomic E-state index is 6.12. The molecule has 1 saturated heterocycles. The Bertz CT molecular complexity index is 364. The van der Waals surface area contributed by atoms with Crippen LogP contribution >= 0.6 is 11.6 Å². The van der Waals surface area contributed by atoms with Gasteiger partial charge in [0.15, 0.2) is 0 Å².